The van der Waals surface area contributed by atoms with E-state index in [0.717, 1.165) is 51.6 Å². The molecule has 0 aliphatic rings. The maximum atomic E-state index is 5.53. The molecule has 0 aliphatic carbocycles. The number of aliphatic imine (C=N–C) groups is 1. The Labute approximate surface area is 118 Å². The van der Waals surface area contributed by atoms with Gasteiger partial charge in [-0.2, -0.15) is 0 Å². The lowest BCUT2D eigenvalue weighted by atomic mass is 10.2. The van der Waals surface area contributed by atoms with Gasteiger partial charge in [0.15, 0.2) is 5.96 Å². The first-order valence-electron chi connectivity index (χ1n) is 7.23. The van der Waals surface area contributed by atoms with Crippen LogP contribution in [0.2, 0.25) is 0 Å². The van der Waals surface area contributed by atoms with Crippen LogP contribution in [0.15, 0.2) is 4.99 Å². The van der Waals surface area contributed by atoms with Crippen LogP contribution in [-0.2, 0) is 4.74 Å². The molecule has 0 heterocycles. The average molecular weight is 272 g/mol. The van der Waals surface area contributed by atoms with Crippen molar-refractivity contribution in [3.8, 4) is 0 Å². The highest BCUT2D eigenvalue weighted by Gasteiger charge is 1.98. The van der Waals surface area contributed by atoms with Crippen molar-refractivity contribution in [1.29, 1.82) is 0 Å². The molecule has 0 saturated heterocycles. The van der Waals surface area contributed by atoms with Crippen LogP contribution in [0.1, 0.15) is 26.7 Å². The Morgan fingerprint density at radius 3 is 2.32 bits per heavy atom. The molecule has 0 aromatic carbocycles. The van der Waals surface area contributed by atoms with Crippen LogP contribution in [-0.4, -0.2) is 64.9 Å². The van der Waals surface area contributed by atoms with Crippen molar-refractivity contribution in [3.05, 3.63) is 0 Å². The number of hydrogen-bond donors (Lipinski definition) is 2. The van der Waals surface area contributed by atoms with E-state index in [9.17, 15) is 0 Å². The smallest absolute Gasteiger partial charge is 0.190 e. The molecule has 5 heteroatoms. The van der Waals surface area contributed by atoms with Crippen LogP contribution in [0.5, 0.6) is 0 Å². The van der Waals surface area contributed by atoms with E-state index in [1.165, 1.54) is 0 Å². The summed E-state index contributed by atoms with van der Waals surface area (Å²) in [5.41, 5.74) is 0. The molecule has 5 nitrogen and oxygen atoms in total. The lowest BCUT2D eigenvalue weighted by Gasteiger charge is -2.13. The molecule has 0 aliphatic heterocycles. The first-order valence-corrected chi connectivity index (χ1v) is 7.23. The van der Waals surface area contributed by atoms with Gasteiger partial charge in [0.05, 0.1) is 0 Å². The van der Waals surface area contributed by atoms with Crippen molar-refractivity contribution in [3.63, 3.8) is 0 Å². The molecule has 2 N–H and O–H groups in total. The Kier molecular flexibility index (Phi) is 11.7. The molecule has 0 atom stereocenters. The second-order valence-corrected chi connectivity index (χ2v) is 5.40. The fourth-order valence-corrected chi connectivity index (χ4v) is 1.52. The van der Waals surface area contributed by atoms with Crippen molar-refractivity contribution in [2.45, 2.75) is 26.7 Å². The second kappa shape index (κ2) is 12.2. The van der Waals surface area contributed by atoms with Gasteiger partial charge in [0.25, 0.3) is 0 Å². The third-order valence-corrected chi connectivity index (χ3v) is 2.51. The zero-order valence-corrected chi connectivity index (χ0v) is 13.3. The van der Waals surface area contributed by atoms with Gasteiger partial charge in [-0.05, 0) is 39.4 Å². The molecular formula is C14H32N4O. The highest BCUT2D eigenvalue weighted by Crippen LogP contribution is 1.92. The third kappa shape index (κ3) is 13.4. The molecule has 0 unspecified atom stereocenters. The number of guanidine groups is 1. The lowest BCUT2D eigenvalue weighted by molar-refractivity contribution is 0.108. The van der Waals surface area contributed by atoms with Crippen LogP contribution < -0.4 is 10.6 Å². The highest BCUT2D eigenvalue weighted by molar-refractivity contribution is 5.79. The molecule has 114 valence electrons. The molecule has 0 aromatic rings. The fourth-order valence-electron chi connectivity index (χ4n) is 1.52. The number of nitrogens with one attached hydrogen (secondary N) is 2. The van der Waals surface area contributed by atoms with E-state index in [0.29, 0.717) is 5.92 Å². The van der Waals surface area contributed by atoms with Gasteiger partial charge in [0.2, 0.25) is 0 Å². The van der Waals surface area contributed by atoms with E-state index in [1.54, 1.807) is 7.05 Å². The van der Waals surface area contributed by atoms with E-state index in [1.807, 2.05) is 0 Å². The minimum Gasteiger partial charge on any atom is -0.381 e. The molecule has 0 aromatic heterocycles. The standard InChI is InChI=1S/C14H32N4O/c1-13(2)12-19-11-7-9-17-14(15-3)16-8-6-10-18(4)5/h13H,6-12H2,1-5H3,(H2,15,16,17). The molecule has 0 rings (SSSR count). The Balaban J connectivity index is 3.45. The largest absolute Gasteiger partial charge is 0.381 e. The Morgan fingerprint density at radius 2 is 1.79 bits per heavy atom. The Hall–Kier alpha value is -0.810. The van der Waals surface area contributed by atoms with Crippen molar-refractivity contribution >= 4 is 5.96 Å². The van der Waals surface area contributed by atoms with Gasteiger partial charge in [0.1, 0.15) is 0 Å². The van der Waals surface area contributed by atoms with Gasteiger partial charge in [-0.15, -0.1) is 0 Å². The number of ether oxygens (including phenoxy) is 1. The molecule has 0 bridgehead atoms. The highest BCUT2D eigenvalue weighted by atomic mass is 16.5. The van der Waals surface area contributed by atoms with E-state index >= 15 is 0 Å². The van der Waals surface area contributed by atoms with Crippen LogP contribution >= 0.6 is 0 Å². The Morgan fingerprint density at radius 1 is 1.16 bits per heavy atom. The van der Waals surface area contributed by atoms with Crippen LogP contribution in [0.4, 0.5) is 0 Å². The average Bonchev–Trinajstić information content (AvgIpc) is 2.35. The molecular weight excluding hydrogens is 240 g/mol. The summed E-state index contributed by atoms with van der Waals surface area (Å²) in [5, 5.41) is 6.60. The van der Waals surface area contributed by atoms with Crippen LogP contribution in [0, 0.1) is 5.92 Å². The maximum Gasteiger partial charge on any atom is 0.190 e. The lowest BCUT2D eigenvalue weighted by Crippen LogP contribution is -2.39. The third-order valence-electron chi connectivity index (χ3n) is 2.51. The quantitative estimate of drug-likeness (QED) is 0.356. The van der Waals surface area contributed by atoms with Gasteiger partial charge in [0, 0.05) is 33.4 Å². The summed E-state index contributed by atoms with van der Waals surface area (Å²) in [4.78, 5) is 6.38. The summed E-state index contributed by atoms with van der Waals surface area (Å²) in [5.74, 6) is 1.49. The minimum atomic E-state index is 0.610. The van der Waals surface area contributed by atoms with Gasteiger partial charge in [-0.3, -0.25) is 4.99 Å². The van der Waals surface area contributed by atoms with Crippen molar-refractivity contribution in [1.82, 2.24) is 15.5 Å². The van der Waals surface area contributed by atoms with Gasteiger partial charge >= 0.3 is 0 Å². The topological polar surface area (TPSA) is 48.9 Å². The zero-order chi connectivity index (χ0) is 14.5. The summed E-state index contributed by atoms with van der Waals surface area (Å²) in [7, 11) is 5.98. The zero-order valence-electron chi connectivity index (χ0n) is 13.3. The summed E-state index contributed by atoms with van der Waals surface area (Å²) in [6, 6.07) is 0. The molecule has 0 amide bonds. The first-order chi connectivity index (χ1) is 9.06. The molecule has 19 heavy (non-hydrogen) atoms. The predicted octanol–water partition coefficient (Wildman–Crippen LogP) is 1.17. The van der Waals surface area contributed by atoms with E-state index in [4.69, 9.17) is 4.74 Å². The molecule has 0 spiro atoms. The summed E-state index contributed by atoms with van der Waals surface area (Å²) < 4.78 is 5.53. The van der Waals surface area contributed by atoms with Crippen LogP contribution in [0.25, 0.3) is 0 Å². The van der Waals surface area contributed by atoms with E-state index in [2.05, 4.69) is 48.5 Å². The minimum absolute atomic E-state index is 0.610. The van der Waals surface area contributed by atoms with E-state index < -0.39 is 0 Å². The summed E-state index contributed by atoms with van der Waals surface area (Å²) in [6.45, 7) is 8.91. The van der Waals surface area contributed by atoms with Gasteiger partial charge < -0.3 is 20.3 Å². The molecule has 0 fully saturated rings. The predicted molar refractivity (Wildman–Crippen MR) is 82.8 cm³/mol. The SMILES string of the molecule is CN=C(NCCCOCC(C)C)NCCCN(C)C. The fraction of sp³-hybridized carbons (Fsp3) is 0.929. The monoisotopic (exact) mass is 272 g/mol. The van der Waals surface area contributed by atoms with Crippen molar-refractivity contribution < 1.29 is 4.74 Å². The maximum absolute atomic E-state index is 5.53. The van der Waals surface area contributed by atoms with Gasteiger partial charge in [-0.1, -0.05) is 13.8 Å². The van der Waals surface area contributed by atoms with Crippen molar-refractivity contribution in [2.24, 2.45) is 10.9 Å². The summed E-state index contributed by atoms with van der Waals surface area (Å²) >= 11 is 0. The number of nitrogens with zero attached hydrogens (tertiary/aromatic N) is 2. The summed E-state index contributed by atoms with van der Waals surface area (Å²) in [6.07, 6.45) is 2.12. The van der Waals surface area contributed by atoms with Gasteiger partial charge in [-0.25, -0.2) is 0 Å². The van der Waals surface area contributed by atoms with E-state index in [-0.39, 0.29) is 0 Å². The molecule has 0 saturated carbocycles. The second-order valence-electron chi connectivity index (χ2n) is 5.40. The molecule has 0 radical (unpaired) electrons. The first kappa shape index (κ1) is 18.2. The normalized spacial score (nSPS) is 12.3. The van der Waals surface area contributed by atoms with Crippen molar-refractivity contribution in [2.75, 3.05) is 54.0 Å². The number of rotatable bonds is 10. The number of hydrogen-bond acceptors (Lipinski definition) is 3. The van der Waals surface area contributed by atoms with Crippen LogP contribution in [0.3, 0.4) is 0 Å². The Bertz CT molecular complexity index is 229.